The normalized spacial score (nSPS) is 27.2. The summed E-state index contributed by atoms with van der Waals surface area (Å²) in [5, 5.41) is 9.25. The molecule has 0 fully saturated rings. The average Bonchev–Trinajstić information content (AvgIpc) is 2.32. The molecular weight excluding hydrogens is 223 g/mol. The molecule has 0 bridgehead atoms. The smallest absolute Gasteiger partial charge is 0.152 e. The van der Waals surface area contributed by atoms with Crippen LogP contribution < -0.4 is 0 Å². The topological polar surface area (TPSA) is 20.2 Å². The molecule has 0 saturated heterocycles. The quantitative estimate of drug-likeness (QED) is 0.726. The summed E-state index contributed by atoms with van der Waals surface area (Å²) < 4.78 is 14.1. The van der Waals surface area contributed by atoms with Crippen molar-refractivity contribution in [3.8, 4) is 0 Å². The summed E-state index contributed by atoms with van der Waals surface area (Å²) in [6.07, 6.45) is -1.66. The molecule has 0 spiro atoms. The van der Waals surface area contributed by atoms with Crippen molar-refractivity contribution in [3.63, 3.8) is 0 Å². The molecule has 2 rings (SSSR count). The van der Waals surface area contributed by atoms with Crippen molar-refractivity contribution in [1.29, 1.82) is 0 Å². The summed E-state index contributed by atoms with van der Waals surface area (Å²) >= 11 is 3.32. The Kier molecular flexibility index (Phi) is 1.93. The van der Waals surface area contributed by atoms with Crippen molar-refractivity contribution in [1.82, 2.24) is 0 Å². The van der Waals surface area contributed by atoms with E-state index in [0.717, 1.165) is 10.0 Å². The van der Waals surface area contributed by atoms with Crippen molar-refractivity contribution in [2.45, 2.75) is 18.7 Å². The fourth-order valence-corrected chi connectivity index (χ4v) is 2.11. The predicted molar refractivity (Wildman–Crippen MR) is 47.7 cm³/mol. The maximum absolute atomic E-state index is 13.2. The van der Waals surface area contributed by atoms with Crippen LogP contribution in [0.3, 0.4) is 0 Å². The van der Waals surface area contributed by atoms with Crippen LogP contribution in [0.5, 0.6) is 0 Å². The second kappa shape index (κ2) is 2.82. The molecule has 0 saturated carbocycles. The third-order valence-electron chi connectivity index (χ3n) is 2.20. The summed E-state index contributed by atoms with van der Waals surface area (Å²) in [5.74, 6) is 0. The van der Waals surface area contributed by atoms with Crippen LogP contribution in [-0.2, 0) is 6.42 Å². The molecule has 0 aliphatic heterocycles. The van der Waals surface area contributed by atoms with Crippen molar-refractivity contribution < 1.29 is 9.50 Å². The SMILES string of the molecule is O[C@H]1Cc2c(Br)cccc2[C@@H]1F. The molecule has 0 aromatic heterocycles. The van der Waals surface area contributed by atoms with Crippen LogP contribution in [0.4, 0.5) is 4.39 Å². The van der Waals surface area contributed by atoms with E-state index in [-0.39, 0.29) is 0 Å². The molecule has 0 radical (unpaired) electrons. The highest BCUT2D eigenvalue weighted by molar-refractivity contribution is 9.10. The first-order valence-corrected chi connectivity index (χ1v) is 4.59. The van der Waals surface area contributed by atoms with Crippen LogP contribution in [0.15, 0.2) is 22.7 Å². The minimum absolute atomic E-state index is 0.415. The molecule has 2 atom stereocenters. The van der Waals surface area contributed by atoms with Gasteiger partial charge in [-0.15, -0.1) is 0 Å². The number of hydrogen-bond acceptors (Lipinski definition) is 1. The van der Waals surface area contributed by atoms with Crippen LogP contribution in [0.2, 0.25) is 0 Å². The molecule has 1 aromatic rings. The van der Waals surface area contributed by atoms with Crippen LogP contribution >= 0.6 is 15.9 Å². The van der Waals surface area contributed by atoms with E-state index in [2.05, 4.69) is 15.9 Å². The molecule has 0 unspecified atom stereocenters. The summed E-state index contributed by atoms with van der Waals surface area (Å²) in [5.41, 5.74) is 1.52. The van der Waals surface area contributed by atoms with Crippen LogP contribution in [-0.4, -0.2) is 11.2 Å². The van der Waals surface area contributed by atoms with E-state index in [0.29, 0.717) is 12.0 Å². The van der Waals surface area contributed by atoms with Gasteiger partial charge in [-0.05, 0) is 17.2 Å². The Morgan fingerprint density at radius 1 is 1.50 bits per heavy atom. The molecule has 0 heterocycles. The first-order chi connectivity index (χ1) is 5.70. The first-order valence-electron chi connectivity index (χ1n) is 3.79. The summed E-state index contributed by atoms with van der Waals surface area (Å²) in [4.78, 5) is 0. The van der Waals surface area contributed by atoms with Gasteiger partial charge in [-0.2, -0.15) is 0 Å². The van der Waals surface area contributed by atoms with Gasteiger partial charge in [0.1, 0.15) is 0 Å². The lowest BCUT2D eigenvalue weighted by Crippen LogP contribution is -2.08. The number of fused-ring (bicyclic) bond motifs is 1. The zero-order chi connectivity index (χ0) is 8.72. The number of benzene rings is 1. The van der Waals surface area contributed by atoms with Gasteiger partial charge in [0, 0.05) is 10.9 Å². The van der Waals surface area contributed by atoms with E-state index < -0.39 is 12.3 Å². The molecule has 64 valence electrons. The van der Waals surface area contributed by atoms with E-state index in [4.69, 9.17) is 0 Å². The zero-order valence-electron chi connectivity index (χ0n) is 6.30. The van der Waals surface area contributed by atoms with Crippen molar-refractivity contribution in [2.24, 2.45) is 0 Å². The van der Waals surface area contributed by atoms with Gasteiger partial charge in [0.2, 0.25) is 0 Å². The largest absolute Gasteiger partial charge is 0.389 e. The molecule has 0 amide bonds. The number of rotatable bonds is 0. The van der Waals surface area contributed by atoms with Gasteiger partial charge < -0.3 is 5.11 Å². The van der Waals surface area contributed by atoms with Gasteiger partial charge in [0.05, 0.1) is 6.10 Å². The monoisotopic (exact) mass is 230 g/mol. The maximum Gasteiger partial charge on any atom is 0.152 e. The fourth-order valence-electron chi connectivity index (χ4n) is 1.57. The zero-order valence-corrected chi connectivity index (χ0v) is 7.88. The van der Waals surface area contributed by atoms with Gasteiger partial charge in [-0.25, -0.2) is 4.39 Å². The lowest BCUT2D eigenvalue weighted by Gasteiger charge is -2.03. The van der Waals surface area contributed by atoms with Crippen LogP contribution in [0.1, 0.15) is 17.3 Å². The second-order valence-corrected chi connectivity index (χ2v) is 3.84. The maximum atomic E-state index is 13.2. The third kappa shape index (κ3) is 1.08. The number of aliphatic hydroxyl groups is 1. The molecule has 1 N–H and O–H groups in total. The van der Waals surface area contributed by atoms with Crippen LogP contribution in [0, 0.1) is 0 Å². The van der Waals surface area contributed by atoms with Gasteiger partial charge in [0.15, 0.2) is 6.17 Å². The standard InChI is InChI=1S/C9H8BrFO/c10-7-3-1-2-5-6(7)4-8(12)9(5)11/h1-3,8-9,12H,4H2/t8-,9-/m0/s1. The lowest BCUT2D eigenvalue weighted by atomic mass is 10.1. The summed E-state index contributed by atoms with van der Waals surface area (Å²) in [6.45, 7) is 0. The molecule has 1 aliphatic rings. The van der Waals surface area contributed by atoms with E-state index in [1.54, 1.807) is 12.1 Å². The van der Waals surface area contributed by atoms with E-state index in [1.165, 1.54) is 0 Å². The summed E-state index contributed by atoms with van der Waals surface area (Å²) in [6, 6.07) is 5.37. The minimum atomic E-state index is -1.21. The Morgan fingerprint density at radius 3 is 2.92 bits per heavy atom. The summed E-state index contributed by atoms with van der Waals surface area (Å²) in [7, 11) is 0. The Morgan fingerprint density at radius 2 is 2.25 bits per heavy atom. The highest BCUT2D eigenvalue weighted by Crippen LogP contribution is 2.37. The Balaban J connectivity index is 2.53. The molecule has 1 aromatic carbocycles. The van der Waals surface area contributed by atoms with Gasteiger partial charge in [0.25, 0.3) is 0 Å². The molecule has 3 heteroatoms. The molecule has 12 heavy (non-hydrogen) atoms. The fraction of sp³-hybridized carbons (Fsp3) is 0.333. The number of aliphatic hydroxyl groups excluding tert-OH is 1. The highest BCUT2D eigenvalue weighted by Gasteiger charge is 2.31. The lowest BCUT2D eigenvalue weighted by molar-refractivity contribution is 0.0928. The van der Waals surface area contributed by atoms with Crippen molar-refractivity contribution in [2.75, 3.05) is 0 Å². The molecule has 1 aliphatic carbocycles. The Hall–Kier alpha value is -0.410. The van der Waals surface area contributed by atoms with Gasteiger partial charge >= 0.3 is 0 Å². The molecular formula is C9H8BrFO. The van der Waals surface area contributed by atoms with E-state index in [9.17, 15) is 9.50 Å². The second-order valence-electron chi connectivity index (χ2n) is 2.98. The van der Waals surface area contributed by atoms with Gasteiger partial charge in [-0.1, -0.05) is 28.1 Å². The minimum Gasteiger partial charge on any atom is -0.389 e. The molecule has 1 nitrogen and oxygen atoms in total. The number of halogens is 2. The Bertz CT molecular complexity index is 313. The van der Waals surface area contributed by atoms with Gasteiger partial charge in [-0.3, -0.25) is 0 Å². The highest BCUT2D eigenvalue weighted by atomic mass is 79.9. The number of hydrogen-bond donors (Lipinski definition) is 1. The average molecular weight is 231 g/mol. The van der Waals surface area contributed by atoms with Crippen molar-refractivity contribution >= 4 is 15.9 Å². The van der Waals surface area contributed by atoms with Crippen molar-refractivity contribution in [3.05, 3.63) is 33.8 Å². The number of alkyl halides is 1. The van der Waals surface area contributed by atoms with E-state index in [1.807, 2.05) is 6.07 Å². The van der Waals surface area contributed by atoms with E-state index >= 15 is 0 Å². The van der Waals surface area contributed by atoms with Crippen LogP contribution in [0.25, 0.3) is 0 Å². The first kappa shape index (κ1) is 8.20. The Labute approximate surface area is 78.3 Å². The third-order valence-corrected chi connectivity index (χ3v) is 2.95. The predicted octanol–water partition coefficient (Wildman–Crippen LogP) is 2.38.